The van der Waals surface area contributed by atoms with Crippen molar-refractivity contribution in [3.05, 3.63) is 17.5 Å². The molecule has 1 aliphatic rings. The van der Waals surface area contributed by atoms with E-state index in [-0.39, 0.29) is 5.91 Å². The number of aromatic nitrogens is 1. The van der Waals surface area contributed by atoms with Gasteiger partial charge >= 0.3 is 0 Å². The Hall–Kier alpha value is -1.36. The van der Waals surface area contributed by atoms with Gasteiger partial charge in [-0.2, -0.15) is 0 Å². The number of carbonyl (C=O) groups excluding carboxylic acids is 1. The predicted octanol–water partition coefficient (Wildman–Crippen LogP) is 1.11. The number of piperidine rings is 1. The first-order chi connectivity index (χ1) is 7.27. The molecule has 82 valence electrons. The molecule has 0 aliphatic carbocycles. The van der Waals surface area contributed by atoms with Crippen molar-refractivity contribution in [1.82, 2.24) is 15.6 Å². The molecule has 1 saturated heterocycles. The van der Waals surface area contributed by atoms with Crippen molar-refractivity contribution >= 4 is 5.91 Å². The Kier molecular flexibility index (Phi) is 3.01. The third-order valence-electron chi connectivity index (χ3n) is 2.61. The highest BCUT2D eigenvalue weighted by molar-refractivity contribution is 5.94. The predicted molar refractivity (Wildman–Crippen MR) is 54.1 cm³/mol. The maximum absolute atomic E-state index is 11.7. The van der Waals surface area contributed by atoms with E-state index in [4.69, 9.17) is 4.52 Å². The van der Waals surface area contributed by atoms with E-state index >= 15 is 0 Å². The van der Waals surface area contributed by atoms with Crippen LogP contribution in [0.4, 0.5) is 0 Å². The smallest absolute Gasteiger partial charge is 0.270 e. The largest absolute Gasteiger partial charge is 0.361 e. The lowest BCUT2D eigenvalue weighted by atomic mass is 10.2. The fourth-order valence-corrected chi connectivity index (χ4v) is 1.73. The van der Waals surface area contributed by atoms with Gasteiger partial charge in [-0.15, -0.1) is 0 Å². The van der Waals surface area contributed by atoms with E-state index in [1.54, 1.807) is 6.92 Å². The van der Waals surface area contributed by atoms with Crippen molar-refractivity contribution < 1.29 is 9.32 Å². The molecule has 0 saturated carbocycles. The van der Waals surface area contributed by atoms with Crippen LogP contribution in [0.25, 0.3) is 0 Å². The lowest BCUT2D eigenvalue weighted by Crippen LogP contribution is -2.45. The molecule has 1 N–H and O–H groups in total. The molecule has 1 aromatic rings. The van der Waals surface area contributed by atoms with Crippen molar-refractivity contribution in [3.63, 3.8) is 0 Å². The highest BCUT2D eigenvalue weighted by Crippen LogP contribution is 2.09. The van der Waals surface area contributed by atoms with Crippen LogP contribution in [0.1, 0.15) is 35.4 Å². The SMILES string of the molecule is Cc1oncc1C(=O)NN1CCCCC1. The molecule has 0 aromatic carbocycles. The van der Waals surface area contributed by atoms with Crippen LogP contribution in [0.2, 0.25) is 0 Å². The number of nitrogens with one attached hydrogen (secondary N) is 1. The molecule has 2 heterocycles. The molecule has 2 rings (SSSR count). The van der Waals surface area contributed by atoms with Gasteiger partial charge in [0.15, 0.2) is 0 Å². The van der Waals surface area contributed by atoms with Gasteiger partial charge in [0, 0.05) is 13.1 Å². The van der Waals surface area contributed by atoms with E-state index in [9.17, 15) is 4.79 Å². The number of hydrogen-bond donors (Lipinski definition) is 1. The van der Waals surface area contributed by atoms with Gasteiger partial charge in [-0.3, -0.25) is 10.2 Å². The molecule has 0 spiro atoms. The van der Waals surface area contributed by atoms with Crippen LogP contribution < -0.4 is 5.43 Å². The third-order valence-corrected chi connectivity index (χ3v) is 2.61. The number of hydrazine groups is 1. The summed E-state index contributed by atoms with van der Waals surface area (Å²) in [7, 11) is 0. The van der Waals surface area contributed by atoms with Crippen LogP contribution >= 0.6 is 0 Å². The lowest BCUT2D eigenvalue weighted by molar-refractivity contribution is 0.0748. The van der Waals surface area contributed by atoms with Gasteiger partial charge < -0.3 is 4.52 Å². The Labute approximate surface area is 88.4 Å². The molecule has 0 atom stereocenters. The van der Waals surface area contributed by atoms with Gasteiger partial charge in [0.2, 0.25) is 0 Å². The summed E-state index contributed by atoms with van der Waals surface area (Å²) < 4.78 is 4.85. The highest BCUT2D eigenvalue weighted by atomic mass is 16.5. The van der Waals surface area contributed by atoms with Crippen molar-refractivity contribution in [2.24, 2.45) is 0 Å². The quantitative estimate of drug-likeness (QED) is 0.792. The molecule has 1 fully saturated rings. The van der Waals surface area contributed by atoms with Gasteiger partial charge in [-0.05, 0) is 19.8 Å². The second-order valence-electron chi connectivity index (χ2n) is 3.78. The second kappa shape index (κ2) is 4.44. The Morgan fingerprint density at radius 2 is 2.20 bits per heavy atom. The van der Waals surface area contributed by atoms with E-state index in [1.165, 1.54) is 12.6 Å². The van der Waals surface area contributed by atoms with Crippen molar-refractivity contribution in [2.45, 2.75) is 26.2 Å². The minimum atomic E-state index is -0.129. The summed E-state index contributed by atoms with van der Waals surface area (Å²) in [4.78, 5) is 11.7. The van der Waals surface area contributed by atoms with Crippen LogP contribution in [-0.2, 0) is 0 Å². The first-order valence-corrected chi connectivity index (χ1v) is 5.24. The van der Waals surface area contributed by atoms with Gasteiger partial charge in [-0.1, -0.05) is 11.6 Å². The summed E-state index contributed by atoms with van der Waals surface area (Å²) in [5, 5.41) is 5.54. The molecule has 5 nitrogen and oxygen atoms in total. The number of carbonyl (C=O) groups is 1. The third kappa shape index (κ3) is 2.36. The lowest BCUT2D eigenvalue weighted by Gasteiger charge is -2.26. The van der Waals surface area contributed by atoms with E-state index < -0.39 is 0 Å². The molecular weight excluding hydrogens is 194 g/mol. The molecule has 0 unspecified atom stereocenters. The zero-order valence-corrected chi connectivity index (χ0v) is 8.82. The molecule has 0 radical (unpaired) electrons. The fraction of sp³-hybridized carbons (Fsp3) is 0.600. The van der Waals surface area contributed by atoms with Gasteiger partial charge in [0.05, 0.1) is 6.20 Å². The van der Waals surface area contributed by atoms with Gasteiger partial charge in [0.1, 0.15) is 11.3 Å². The molecule has 1 aliphatic heterocycles. The Balaban J connectivity index is 1.94. The van der Waals surface area contributed by atoms with Crippen LogP contribution in [0, 0.1) is 6.92 Å². The first kappa shape index (κ1) is 10.2. The monoisotopic (exact) mass is 209 g/mol. The highest BCUT2D eigenvalue weighted by Gasteiger charge is 2.17. The van der Waals surface area contributed by atoms with E-state index in [2.05, 4.69) is 10.6 Å². The average Bonchev–Trinajstić information content (AvgIpc) is 2.66. The van der Waals surface area contributed by atoms with E-state index in [0.29, 0.717) is 11.3 Å². The van der Waals surface area contributed by atoms with Gasteiger partial charge in [0.25, 0.3) is 5.91 Å². The fourth-order valence-electron chi connectivity index (χ4n) is 1.73. The second-order valence-corrected chi connectivity index (χ2v) is 3.78. The summed E-state index contributed by atoms with van der Waals surface area (Å²) >= 11 is 0. The maximum Gasteiger partial charge on any atom is 0.270 e. The maximum atomic E-state index is 11.7. The van der Waals surface area contributed by atoms with Crippen molar-refractivity contribution in [1.29, 1.82) is 0 Å². The standard InChI is InChI=1S/C10H15N3O2/c1-8-9(7-11-15-8)10(14)12-13-5-3-2-4-6-13/h7H,2-6H2,1H3,(H,12,14). The number of hydrogen-bond acceptors (Lipinski definition) is 4. The number of nitrogens with zero attached hydrogens (tertiary/aromatic N) is 2. The molecular formula is C10H15N3O2. The topological polar surface area (TPSA) is 58.4 Å². The molecule has 15 heavy (non-hydrogen) atoms. The molecule has 1 aromatic heterocycles. The van der Waals surface area contributed by atoms with E-state index in [0.717, 1.165) is 25.9 Å². The first-order valence-electron chi connectivity index (χ1n) is 5.24. The van der Waals surface area contributed by atoms with Crippen LogP contribution in [-0.4, -0.2) is 29.2 Å². The number of rotatable bonds is 2. The normalized spacial score (nSPS) is 17.7. The zero-order valence-electron chi connectivity index (χ0n) is 8.82. The minimum Gasteiger partial charge on any atom is -0.361 e. The Bertz CT molecular complexity index is 342. The Morgan fingerprint density at radius 1 is 1.47 bits per heavy atom. The van der Waals surface area contributed by atoms with Crippen molar-refractivity contribution in [2.75, 3.05) is 13.1 Å². The molecule has 5 heteroatoms. The molecule has 0 bridgehead atoms. The summed E-state index contributed by atoms with van der Waals surface area (Å²) in [6.45, 7) is 3.59. The van der Waals surface area contributed by atoms with Crippen LogP contribution in [0.3, 0.4) is 0 Å². The van der Waals surface area contributed by atoms with E-state index in [1.807, 2.05) is 5.01 Å². The van der Waals surface area contributed by atoms with Crippen molar-refractivity contribution in [3.8, 4) is 0 Å². The Morgan fingerprint density at radius 3 is 2.80 bits per heavy atom. The van der Waals surface area contributed by atoms with Crippen LogP contribution in [0.15, 0.2) is 10.7 Å². The van der Waals surface area contributed by atoms with Gasteiger partial charge in [-0.25, -0.2) is 5.01 Å². The number of aryl methyl sites for hydroxylation is 1. The molecule has 1 amide bonds. The minimum absolute atomic E-state index is 0.129. The summed E-state index contributed by atoms with van der Waals surface area (Å²) in [6, 6.07) is 0. The summed E-state index contributed by atoms with van der Waals surface area (Å²) in [5.74, 6) is 0.431. The summed E-state index contributed by atoms with van der Waals surface area (Å²) in [6.07, 6.45) is 4.99. The number of amides is 1. The summed E-state index contributed by atoms with van der Waals surface area (Å²) in [5.41, 5.74) is 3.37. The van der Waals surface area contributed by atoms with Crippen LogP contribution in [0.5, 0.6) is 0 Å². The average molecular weight is 209 g/mol. The zero-order chi connectivity index (χ0) is 10.7.